The maximum atomic E-state index is 11.6. The highest BCUT2D eigenvalue weighted by Crippen LogP contribution is 2.20. The number of aromatic nitrogens is 2. The number of rotatable bonds is 3. The minimum Gasteiger partial charge on any atom is -0.450 e. The Bertz CT molecular complexity index is 437. The summed E-state index contributed by atoms with van der Waals surface area (Å²) in [7, 11) is 1.84. The fourth-order valence-electron chi connectivity index (χ4n) is 2.23. The van der Waals surface area contributed by atoms with E-state index in [0.717, 1.165) is 18.7 Å². The van der Waals surface area contributed by atoms with Crippen molar-refractivity contribution in [3.63, 3.8) is 0 Å². The number of hydrogen-bond acceptors (Lipinski definition) is 5. The Morgan fingerprint density at radius 1 is 1.58 bits per heavy atom. The lowest BCUT2D eigenvalue weighted by atomic mass is 10.1. The highest BCUT2D eigenvalue weighted by Gasteiger charge is 2.24. The molecule has 0 saturated carbocycles. The number of nitrogens with zero attached hydrogens (tertiary/aromatic N) is 3. The second kappa shape index (κ2) is 5.81. The third-order valence-electron chi connectivity index (χ3n) is 3.22. The molecule has 0 atom stereocenters. The van der Waals surface area contributed by atoms with E-state index in [2.05, 4.69) is 10.4 Å². The summed E-state index contributed by atoms with van der Waals surface area (Å²) in [6.07, 6.45) is 3.29. The first kappa shape index (κ1) is 13.5. The number of nitrogens with one attached hydrogen (secondary N) is 1. The van der Waals surface area contributed by atoms with Crippen molar-refractivity contribution in [1.29, 1.82) is 0 Å². The molecule has 0 aromatic carbocycles. The maximum absolute atomic E-state index is 11.6. The molecule has 0 unspecified atom stereocenters. The number of hydrogen-bond donors (Lipinski definition) is 2. The van der Waals surface area contributed by atoms with Crippen LogP contribution in [0.1, 0.15) is 19.8 Å². The first-order valence-corrected chi connectivity index (χ1v) is 6.57. The average Bonchev–Trinajstić information content (AvgIpc) is 2.69. The number of ether oxygens (including phenoxy) is 1. The number of carbonyl (C=O) groups excluding carboxylic acids is 1. The molecule has 1 fully saturated rings. The Labute approximate surface area is 112 Å². The molecule has 1 aliphatic rings. The van der Waals surface area contributed by atoms with Crippen LogP contribution in [-0.4, -0.2) is 46.5 Å². The summed E-state index contributed by atoms with van der Waals surface area (Å²) in [5.41, 5.74) is 6.49. The SMILES string of the molecule is CCOC(=O)N1CCC(Nc2nn(C)cc2N)CC1. The summed E-state index contributed by atoms with van der Waals surface area (Å²) in [5.74, 6) is 0.720. The van der Waals surface area contributed by atoms with Crippen molar-refractivity contribution < 1.29 is 9.53 Å². The van der Waals surface area contributed by atoms with Crippen LogP contribution in [0.25, 0.3) is 0 Å². The van der Waals surface area contributed by atoms with E-state index in [0.29, 0.717) is 31.4 Å². The van der Waals surface area contributed by atoms with E-state index in [1.165, 1.54) is 0 Å². The molecule has 1 amide bonds. The smallest absolute Gasteiger partial charge is 0.409 e. The molecule has 106 valence electrons. The second-order valence-electron chi connectivity index (χ2n) is 4.71. The quantitative estimate of drug-likeness (QED) is 0.854. The van der Waals surface area contributed by atoms with Crippen LogP contribution in [0, 0.1) is 0 Å². The van der Waals surface area contributed by atoms with Crippen molar-refractivity contribution in [2.45, 2.75) is 25.8 Å². The van der Waals surface area contributed by atoms with E-state index >= 15 is 0 Å². The number of carbonyl (C=O) groups is 1. The molecule has 1 saturated heterocycles. The van der Waals surface area contributed by atoms with E-state index in [1.807, 2.05) is 14.0 Å². The number of aryl methyl sites for hydroxylation is 1. The maximum Gasteiger partial charge on any atom is 0.409 e. The first-order chi connectivity index (χ1) is 9.10. The van der Waals surface area contributed by atoms with Crippen molar-refractivity contribution in [2.24, 2.45) is 7.05 Å². The zero-order valence-electron chi connectivity index (χ0n) is 11.4. The summed E-state index contributed by atoms with van der Waals surface area (Å²) >= 11 is 0. The van der Waals surface area contributed by atoms with Crippen LogP contribution in [-0.2, 0) is 11.8 Å². The molecule has 0 radical (unpaired) electrons. The second-order valence-corrected chi connectivity index (χ2v) is 4.71. The Hall–Kier alpha value is -1.92. The van der Waals surface area contributed by atoms with E-state index in [4.69, 9.17) is 10.5 Å². The van der Waals surface area contributed by atoms with E-state index < -0.39 is 0 Å². The molecule has 1 aromatic heterocycles. The molecular weight excluding hydrogens is 246 g/mol. The van der Waals surface area contributed by atoms with Gasteiger partial charge in [0, 0.05) is 32.4 Å². The summed E-state index contributed by atoms with van der Waals surface area (Å²) in [4.78, 5) is 13.3. The van der Waals surface area contributed by atoms with Gasteiger partial charge in [0.1, 0.15) is 0 Å². The third kappa shape index (κ3) is 3.30. The molecule has 2 rings (SSSR count). The largest absolute Gasteiger partial charge is 0.450 e. The highest BCUT2D eigenvalue weighted by atomic mass is 16.6. The lowest BCUT2D eigenvalue weighted by molar-refractivity contribution is 0.0983. The number of nitrogen functional groups attached to an aromatic ring is 1. The minimum atomic E-state index is -0.224. The van der Waals surface area contributed by atoms with Gasteiger partial charge in [-0.2, -0.15) is 5.10 Å². The van der Waals surface area contributed by atoms with Gasteiger partial charge in [-0.1, -0.05) is 0 Å². The van der Waals surface area contributed by atoms with Crippen LogP contribution in [0.4, 0.5) is 16.3 Å². The molecule has 0 bridgehead atoms. The summed E-state index contributed by atoms with van der Waals surface area (Å²) < 4.78 is 6.67. The van der Waals surface area contributed by atoms with Crippen LogP contribution in [0.3, 0.4) is 0 Å². The molecule has 3 N–H and O–H groups in total. The van der Waals surface area contributed by atoms with Gasteiger partial charge in [0.2, 0.25) is 0 Å². The molecule has 1 aromatic rings. The van der Waals surface area contributed by atoms with Gasteiger partial charge in [-0.05, 0) is 19.8 Å². The van der Waals surface area contributed by atoms with Crippen molar-refractivity contribution in [3.8, 4) is 0 Å². The van der Waals surface area contributed by atoms with Crippen molar-refractivity contribution in [3.05, 3.63) is 6.20 Å². The molecule has 7 nitrogen and oxygen atoms in total. The number of piperidine rings is 1. The predicted molar refractivity (Wildman–Crippen MR) is 72.9 cm³/mol. The average molecular weight is 267 g/mol. The highest BCUT2D eigenvalue weighted by molar-refractivity contribution is 5.67. The lowest BCUT2D eigenvalue weighted by Crippen LogP contribution is -2.42. The Balaban J connectivity index is 1.83. The van der Waals surface area contributed by atoms with Crippen molar-refractivity contribution >= 4 is 17.6 Å². The number of likely N-dealkylation sites (tertiary alicyclic amines) is 1. The van der Waals surface area contributed by atoms with Crippen LogP contribution in [0.2, 0.25) is 0 Å². The van der Waals surface area contributed by atoms with Gasteiger partial charge < -0.3 is 20.7 Å². The van der Waals surface area contributed by atoms with Gasteiger partial charge in [-0.25, -0.2) is 4.79 Å². The molecule has 1 aliphatic heterocycles. The normalized spacial score (nSPS) is 16.4. The van der Waals surface area contributed by atoms with E-state index in [9.17, 15) is 4.79 Å². The molecule has 0 spiro atoms. The minimum absolute atomic E-state index is 0.224. The fraction of sp³-hybridized carbons (Fsp3) is 0.667. The van der Waals surface area contributed by atoms with Crippen LogP contribution >= 0.6 is 0 Å². The molecule has 0 aliphatic carbocycles. The van der Waals surface area contributed by atoms with Gasteiger partial charge >= 0.3 is 6.09 Å². The Morgan fingerprint density at radius 3 is 2.79 bits per heavy atom. The van der Waals surface area contributed by atoms with Crippen molar-refractivity contribution in [2.75, 3.05) is 30.7 Å². The summed E-state index contributed by atoms with van der Waals surface area (Å²) in [5, 5.41) is 7.59. The zero-order valence-corrected chi connectivity index (χ0v) is 11.4. The van der Waals surface area contributed by atoms with Gasteiger partial charge in [0.05, 0.1) is 12.3 Å². The van der Waals surface area contributed by atoms with Gasteiger partial charge in [-0.3, -0.25) is 4.68 Å². The van der Waals surface area contributed by atoms with E-state index in [1.54, 1.807) is 15.8 Å². The van der Waals surface area contributed by atoms with Crippen LogP contribution in [0.15, 0.2) is 6.20 Å². The first-order valence-electron chi connectivity index (χ1n) is 6.57. The molecule has 2 heterocycles. The Morgan fingerprint density at radius 2 is 2.26 bits per heavy atom. The lowest BCUT2D eigenvalue weighted by Gasteiger charge is -2.31. The number of anilines is 2. The van der Waals surface area contributed by atoms with Crippen molar-refractivity contribution in [1.82, 2.24) is 14.7 Å². The summed E-state index contributed by atoms with van der Waals surface area (Å²) in [6.45, 7) is 3.63. The zero-order chi connectivity index (χ0) is 13.8. The monoisotopic (exact) mass is 267 g/mol. The molecule has 7 heteroatoms. The standard InChI is InChI=1S/C12H21N5O2/c1-3-19-12(18)17-6-4-9(5-7-17)14-11-10(13)8-16(2)15-11/h8-9H,3-7,13H2,1-2H3,(H,14,15). The van der Waals surface area contributed by atoms with Gasteiger partial charge in [0.25, 0.3) is 0 Å². The van der Waals surface area contributed by atoms with Crippen LogP contribution < -0.4 is 11.1 Å². The van der Waals surface area contributed by atoms with Crippen LogP contribution in [0.5, 0.6) is 0 Å². The third-order valence-corrected chi connectivity index (χ3v) is 3.22. The van der Waals surface area contributed by atoms with E-state index in [-0.39, 0.29) is 6.09 Å². The number of amides is 1. The number of nitrogens with two attached hydrogens (primary N) is 1. The summed E-state index contributed by atoms with van der Waals surface area (Å²) in [6, 6.07) is 0.294. The molecular formula is C12H21N5O2. The Kier molecular flexibility index (Phi) is 4.13. The van der Waals surface area contributed by atoms with Gasteiger partial charge in [-0.15, -0.1) is 0 Å². The van der Waals surface area contributed by atoms with Gasteiger partial charge in [0.15, 0.2) is 5.82 Å². The molecule has 19 heavy (non-hydrogen) atoms. The predicted octanol–water partition coefficient (Wildman–Crippen LogP) is 1.04. The topological polar surface area (TPSA) is 85.4 Å². The fourth-order valence-corrected chi connectivity index (χ4v) is 2.23.